The second kappa shape index (κ2) is 3.67. The molecule has 0 amide bonds. The quantitative estimate of drug-likeness (QED) is 0.512. The summed E-state index contributed by atoms with van der Waals surface area (Å²) in [6.45, 7) is 1.55. The summed E-state index contributed by atoms with van der Waals surface area (Å²) in [6, 6.07) is 8.04. The Bertz CT molecular complexity index is 291. The summed E-state index contributed by atoms with van der Waals surface area (Å²) in [4.78, 5) is 0. The van der Waals surface area contributed by atoms with Gasteiger partial charge < -0.3 is 20.4 Å². The summed E-state index contributed by atoms with van der Waals surface area (Å²) in [5, 5.41) is 37.0. The first-order valence-corrected chi connectivity index (χ1v) is 4.37. The van der Waals surface area contributed by atoms with Gasteiger partial charge in [0.25, 0.3) is 0 Å². The lowest BCUT2D eigenvalue weighted by atomic mass is 9.89. The van der Waals surface area contributed by atoms with E-state index in [0.717, 1.165) is 0 Å². The maximum atomic E-state index is 9.88. The molecule has 0 fully saturated rings. The van der Waals surface area contributed by atoms with Crippen LogP contribution in [0.15, 0.2) is 30.3 Å². The van der Waals surface area contributed by atoms with E-state index in [2.05, 4.69) is 0 Å². The van der Waals surface area contributed by atoms with Crippen LogP contribution in [0.1, 0.15) is 18.9 Å². The van der Waals surface area contributed by atoms with Crippen molar-refractivity contribution in [3.8, 4) is 0 Å². The van der Waals surface area contributed by atoms with Gasteiger partial charge in [0.15, 0.2) is 5.60 Å². The van der Waals surface area contributed by atoms with Gasteiger partial charge in [-0.25, -0.2) is 0 Å². The first-order valence-electron chi connectivity index (χ1n) is 4.37. The number of hydrogen-bond donors (Lipinski definition) is 4. The van der Waals surface area contributed by atoms with Crippen LogP contribution in [0.4, 0.5) is 0 Å². The topological polar surface area (TPSA) is 80.9 Å². The summed E-state index contributed by atoms with van der Waals surface area (Å²) in [5.74, 6) is -3.14. The highest BCUT2D eigenvalue weighted by Gasteiger charge is 2.47. The Labute approximate surface area is 82.1 Å². The van der Waals surface area contributed by atoms with Crippen LogP contribution >= 0.6 is 0 Å². The Morgan fingerprint density at radius 2 is 1.50 bits per heavy atom. The van der Waals surface area contributed by atoms with Crippen LogP contribution in [0.25, 0.3) is 0 Å². The molecule has 1 aromatic rings. The second-order valence-corrected chi connectivity index (χ2v) is 3.22. The molecule has 0 heterocycles. The normalized spacial score (nSPS) is 16.4. The molecule has 1 aromatic carbocycles. The number of rotatable bonds is 3. The zero-order valence-corrected chi connectivity index (χ0v) is 7.88. The Balaban J connectivity index is 3.15. The molecule has 4 nitrogen and oxygen atoms in total. The molecule has 1 atom stereocenters. The molecule has 0 radical (unpaired) electrons. The van der Waals surface area contributed by atoms with Gasteiger partial charge in [0, 0.05) is 0 Å². The third-order valence-electron chi connectivity index (χ3n) is 2.32. The van der Waals surface area contributed by atoms with Gasteiger partial charge in [-0.2, -0.15) is 0 Å². The van der Waals surface area contributed by atoms with Crippen molar-refractivity contribution >= 4 is 0 Å². The third-order valence-corrected chi connectivity index (χ3v) is 2.32. The van der Waals surface area contributed by atoms with Gasteiger partial charge in [-0.05, 0) is 12.0 Å². The Morgan fingerprint density at radius 1 is 1.00 bits per heavy atom. The maximum Gasteiger partial charge on any atom is 0.310 e. The van der Waals surface area contributed by atoms with Gasteiger partial charge >= 0.3 is 5.97 Å². The number of hydrogen-bond acceptors (Lipinski definition) is 4. The fourth-order valence-corrected chi connectivity index (χ4v) is 1.35. The van der Waals surface area contributed by atoms with E-state index < -0.39 is 11.6 Å². The van der Waals surface area contributed by atoms with E-state index >= 15 is 0 Å². The van der Waals surface area contributed by atoms with E-state index in [1.165, 1.54) is 12.1 Å². The van der Waals surface area contributed by atoms with E-state index in [-0.39, 0.29) is 12.0 Å². The molecule has 0 bridgehead atoms. The standard InChI is InChI=1S/C10H14O4/c1-2-9(11,10(12,13)14)8-6-4-3-5-7-8/h3-7,11-14H,2H2,1H3. The van der Waals surface area contributed by atoms with Crippen LogP contribution in [-0.2, 0) is 5.60 Å². The number of benzene rings is 1. The zero-order chi connectivity index (χ0) is 10.8. The van der Waals surface area contributed by atoms with Gasteiger partial charge in [-0.1, -0.05) is 37.3 Å². The summed E-state index contributed by atoms with van der Waals surface area (Å²) in [6.07, 6.45) is -0.0134. The average Bonchev–Trinajstić information content (AvgIpc) is 2.16. The highest BCUT2D eigenvalue weighted by Crippen LogP contribution is 2.32. The number of aliphatic hydroxyl groups is 4. The molecule has 4 heteroatoms. The molecule has 0 aliphatic heterocycles. The molecular formula is C10H14O4. The molecule has 0 saturated carbocycles. The molecule has 0 spiro atoms. The van der Waals surface area contributed by atoms with Gasteiger partial charge in [0.2, 0.25) is 0 Å². The summed E-state index contributed by atoms with van der Waals surface area (Å²) < 4.78 is 0. The maximum absolute atomic E-state index is 9.88. The Hall–Kier alpha value is -0.940. The second-order valence-electron chi connectivity index (χ2n) is 3.22. The van der Waals surface area contributed by atoms with Crippen LogP contribution in [-0.4, -0.2) is 26.4 Å². The van der Waals surface area contributed by atoms with E-state index in [0.29, 0.717) is 0 Å². The molecule has 1 unspecified atom stereocenters. The first-order chi connectivity index (χ1) is 6.42. The molecule has 0 aromatic heterocycles. The third kappa shape index (κ3) is 1.78. The van der Waals surface area contributed by atoms with Gasteiger partial charge in [-0.3, -0.25) is 0 Å². The molecular weight excluding hydrogens is 184 g/mol. The van der Waals surface area contributed by atoms with E-state index in [1.54, 1.807) is 25.1 Å². The lowest BCUT2D eigenvalue weighted by Crippen LogP contribution is -2.51. The lowest BCUT2D eigenvalue weighted by molar-refractivity contribution is -0.397. The fourth-order valence-electron chi connectivity index (χ4n) is 1.35. The average molecular weight is 198 g/mol. The van der Waals surface area contributed by atoms with Crippen LogP contribution in [0, 0.1) is 0 Å². The van der Waals surface area contributed by atoms with Crippen molar-refractivity contribution < 1.29 is 20.4 Å². The van der Waals surface area contributed by atoms with Gasteiger partial charge in [0.1, 0.15) is 0 Å². The minimum absolute atomic E-state index is 0.0134. The van der Waals surface area contributed by atoms with Crippen LogP contribution in [0.2, 0.25) is 0 Å². The molecule has 0 aliphatic rings. The van der Waals surface area contributed by atoms with Crippen molar-refractivity contribution in [2.75, 3.05) is 0 Å². The van der Waals surface area contributed by atoms with Crippen LogP contribution < -0.4 is 0 Å². The van der Waals surface area contributed by atoms with Crippen LogP contribution in [0.5, 0.6) is 0 Å². The van der Waals surface area contributed by atoms with E-state index in [4.69, 9.17) is 15.3 Å². The summed E-state index contributed by atoms with van der Waals surface area (Å²) >= 11 is 0. The highest BCUT2D eigenvalue weighted by molar-refractivity contribution is 5.23. The highest BCUT2D eigenvalue weighted by atomic mass is 16.7. The Kier molecular flexibility index (Phi) is 2.92. The van der Waals surface area contributed by atoms with Crippen molar-refractivity contribution in [3.63, 3.8) is 0 Å². The molecule has 4 N–H and O–H groups in total. The smallest absolute Gasteiger partial charge is 0.310 e. The lowest BCUT2D eigenvalue weighted by Gasteiger charge is -2.34. The predicted molar refractivity (Wildman–Crippen MR) is 50.0 cm³/mol. The van der Waals surface area contributed by atoms with Crippen LogP contribution in [0.3, 0.4) is 0 Å². The van der Waals surface area contributed by atoms with Gasteiger partial charge in [0.05, 0.1) is 0 Å². The first kappa shape index (κ1) is 11.1. The van der Waals surface area contributed by atoms with Gasteiger partial charge in [-0.15, -0.1) is 0 Å². The minimum atomic E-state index is -3.14. The summed E-state index contributed by atoms with van der Waals surface area (Å²) in [7, 11) is 0. The van der Waals surface area contributed by atoms with Crippen molar-refractivity contribution in [1.29, 1.82) is 0 Å². The van der Waals surface area contributed by atoms with E-state index in [9.17, 15) is 5.11 Å². The Morgan fingerprint density at radius 3 is 1.86 bits per heavy atom. The molecule has 0 saturated heterocycles. The van der Waals surface area contributed by atoms with E-state index in [1.807, 2.05) is 0 Å². The largest absolute Gasteiger partial charge is 0.377 e. The minimum Gasteiger partial charge on any atom is -0.377 e. The molecule has 0 aliphatic carbocycles. The molecule has 1 rings (SSSR count). The summed E-state index contributed by atoms with van der Waals surface area (Å²) in [5.41, 5.74) is -1.80. The van der Waals surface area contributed by atoms with Crippen molar-refractivity contribution in [2.24, 2.45) is 0 Å². The molecule has 78 valence electrons. The van der Waals surface area contributed by atoms with Crippen molar-refractivity contribution in [1.82, 2.24) is 0 Å². The predicted octanol–water partition coefficient (Wildman–Crippen LogP) is -0.0851. The molecule has 14 heavy (non-hydrogen) atoms. The zero-order valence-electron chi connectivity index (χ0n) is 7.88. The van der Waals surface area contributed by atoms with Crippen molar-refractivity contribution in [2.45, 2.75) is 24.9 Å². The monoisotopic (exact) mass is 198 g/mol. The van der Waals surface area contributed by atoms with Crippen molar-refractivity contribution in [3.05, 3.63) is 35.9 Å². The fraction of sp³-hybridized carbons (Fsp3) is 0.400. The SMILES string of the molecule is CCC(O)(c1ccccc1)C(O)(O)O.